The maximum Gasteiger partial charge on any atom is 0.238 e. The molecule has 1 aliphatic carbocycles. The van der Waals surface area contributed by atoms with Gasteiger partial charge >= 0.3 is 0 Å². The summed E-state index contributed by atoms with van der Waals surface area (Å²) in [6, 6.07) is 10.2. The van der Waals surface area contributed by atoms with Gasteiger partial charge in [-0.3, -0.25) is 0 Å². The quantitative estimate of drug-likeness (QED) is 0.850. The van der Waals surface area contributed by atoms with Crippen LogP contribution in [0.15, 0.2) is 42.1 Å². The molecule has 3 nitrogen and oxygen atoms in total. The highest BCUT2D eigenvalue weighted by Gasteiger charge is 2.12. The first-order valence-corrected chi connectivity index (χ1v) is 8.33. The van der Waals surface area contributed by atoms with Crippen molar-refractivity contribution in [3.05, 3.63) is 58.3 Å². The third kappa shape index (κ3) is 4.34. The highest BCUT2D eigenvalue weighted by molar-refractivity contribution is 6.31. The summed E-state index contributed by atoms with van der Waals surface area (Å²) in [6.45, 7) is 1.95. The predicted molar refractivity (Wildman–Crippen MR) is 94.9 cm³/mol. The summed E-state index contributed by atoms with van der Waals surface area (Å²) in [5.74, 6) is 1.18. The van der Waals surface area contributed by atoms with Crippen LogP contribution in [0.4, 0.5) is 0 Å². The Bertz CT molecular complexity index is 717. The van der Waals surface area contributed by atoms with Crippen LogP contribution in [0.25, 0.3) is 6.08 Å². The van der Waals surface area contributed by atoms with Crippen molar-refractivity contribution < 1.29 is 4.74 Å². The molecule has 0 aliphatic heterocycles. The van der Waals surface area contributed by atoms with E-state index < -0.39 is 0 Å². The number of hydrogen-bond donors (Lipinski definition) is 1. The second-order valence-corrected chi connectivity index (χ2v) is 6.52. The Hall–Kier alpha value is -1.84. The van der Waals surface area contributed by atoms with Gasteiger partial charge in [-0.1, -0.05) is 35.4 Å². The Labute approximate surface area is 142 Å². The summed E-state index contributed by atoms with van der Waals surface area (Å²) >= 11 is 6.18. The molecule has 2 N–H and O–H groups in total. The van der Waals surface area contributed by atoms with Crippen molar-refractivity contribution >= 4 is 17.7 Å². The lowest BCUT2D eigenvalue weighted by molar-refractivity contribution is 0.463. The number of allylic oxidation sites excluding steroid dienone is 1. The number of pyridine rings is 1. The highest BCUT2D eigenvalue weighted by Crippen LogP contribution is 2.29. The van der Waals surface area contributed by atoms with E-state index in [0.29, 0.717) is 16.9 Å². The third-order valence-corrected chi connectivity index (χ3v) is 4.33. The monoisotopic (exact) mass is 328 g/mol. The number of rotatable bonds is 3. The van der Waals surface area contributed by atoms with E-state index in [1.165, 1.54) is 5.57 Å². The maximum atomic E-state index is 6.18. The molecule has 1 saturated carbocycles. The molecular formula is C19H21ClN2O. The van der Waals surface area contributed by atoms with Crippen LogP contribution < -0.4 is 10.5 Å². The molecule has 1 aliphatic rings. The number of halogens is 1. The van der Waals surface area contributed by atoms with Crippen molar-refractivity contribution in [2.24, 2.45) is 5.73 Å². The number of nitrogens with zero attached hydrogens (tertiary/aromatic N) is 1. The van der Waals surface area contributed by atoms with Crippen LogP contribution in [0.1, 0.15) is 36.8 Å². The molecule has 0 saturated heterocycles. The first-order valence-electron chi connectivity index (χ1n) is 7.95. The zero-order chi connectivity index (χ0) is 16.2. The van der Waals surface area contributed by atoms with Gasteiger partial charge in [-0.15, -0.1) is 0 Å². The molecule has 1 fully saturated rings. The zero-order valence-corrected chi connectivity index (χ0v) is 14.0. The van der Waals surface area contributed by atoms with Gasteiger partial charge in [-0.05, 0) is 61.9 Å². The van der Waals surface area contributed by atoms with E-state index in [2.05, 4.69) is 17.1 Å². The van der Waals surface area contributed by atoms with Crippen molar-refractivity contribution in [3.8, 4) is 11.6 Å². The summed E-state index contributed by atoms with van der Waals surface area (Å²) in [5.41, 5.74) is 9.56. The lowest BCUT2D eigenvalue weighted by Crippen LogP contribution is -2.23. The van der Waals surface area contributed by atoms with Gasteiger partial charge < -0.3 is 10.5 Å². The fourth-order valence-corrected chi connectivity index (χ4v) is 3.03. The Morgan fingerprint density at radius 2 is 2.04 bits per heavy atom. The minimum absolute atomic E-state index is 0.358. The molecule has 120 valence electrons. The summed E-state index contributed by atoms with van der Waals surface area (Å²) in [6.07, 6.45) is 8.30. The Morgan fingerprint density at radius 1 is 1.26 bits per heavy atom. The van der Waals surface area contributed by atoms with Crippen molar-refractivity contribution in [2.45, 2.75) is 38.6 Å². The van der Waals surface area contributed by atoms with Crippen molar-refractivity contribution in [3.63, 3.8) is 0 Å². The molecule has 1 aromatic heterocycles. The standard InChI is InChI=1S/C19H21ClN2O/c1-13-9-18(20)19(22-12-13)23-17-4-2-3-15(11-17)10-14-5-7-16(21)8-6-14/h2-4,9-12,16H,5-8,21H2,1H3. The molecule has 0 unspecified atom stereocenters. The number of nitrogens with two attached hydrogens (primary N) is 1. The van der Waals surface area contributed by atoms with E-state index in [4.69, 9.17) is 22.1 Å². The molecule has 0 spiro atoms. The van der Waals surface area contributed by atoms with Crippen LogP contribution in [0, 0.1) is 6.92 Å². The van der Waals surface area contributed by atoms with Gasteiger partial charge in [-0.25, -0.2) is 4.98 Å². The Balaban J connectivity index is 1.76. The van der Waals surface area contributed by atoms with E-state index in [0.717, 1.165) is 42.6 Å². The lowest BCUT2D eigenvalue weighted by atomic mass is 9.90. The van der Waals surface area contributed by atoms with Gasteiger partial charge in [0.25, 0.3) is 0 Å². The maximum absolute atomic E-state index is 6.18. The van der Waals surface area contributed by atoms with Gasteiger partial charge in [0, 0.05) is 12.2 Å². The zero-order valence-electron chi connectivity index (χ0n) is 13.3. The molecule has 4 heteroatoms. The van der Waals surface area contributed by atoms with Crippen LogP contribution in [0.5, 0.6) is 11.6 Å². The molecule has 1 aromatic carbocycles. The van der Waals surface area contributed by atoms with E-state index in [9.17, 15) is 0 Å². The number of benzene rings is 1. The Kier molecular flexibility index (Phi) is 4.99. The average Bonchev–Trinajstić information content (AvgIpc) is 2.53. The molecule has 0 amide bonds. The second kappa shape index (κ2) is 7.16. The number of aromatic nitrogens is 1. The third-order valence-electron chi connectivity index (χ3n) is 4.06. The lowest BCUT2D eigenvalue weighted by Gasteiger charge is -2.20. The van der Waals surface area contributed by atoms with Gasteiger partial charge in [-0.2, -0.15) is 0 Å². The number of aryl methyl sites for hydroxylation is 1. The number of ether oxygens (including phenoxy) is 1. The van der Waals surface area contributed by atoms with Crippen LogP contribution in [-0.4, -0.2) is 11.0 Å². The van der Waals surface area contributed by atoms with Crippen molar-refractivity contribution in [1.82, 2.24) is 4.98 Å². The molecule has 0 atom stereocenters. The van der Waals surface area contributed by atoms with Crippen LogP contribution in [-0.2, 0) is 0 Å². The first kappa shape index (κ1) is 16.0. The van der Waals surface area contributed by atoms with Gasteiger partial charge in [0.05, 0.1) is 0 Å². The molecule has 1 heterocycles. The molecule has 3 rings (SSSR count). The van der Waals surface area contributed by atoms with E-state index >= 15 is 0 Å². The topological polar surface area (TPSA) is 48.1 Å². The number of hydrogen-bond acceptors (Lipinski definition) is 3. The molecule has 2 aromatic rings. The van der Waals surface area contributed by atoms with Crippen LogP contribution >= 0.6 is 11.6 Å². The van der Waals surface area contributed by atoms with Crippen molar-refractivity contribution in [1.29, 1.82) is 0 Å². The van der Waals surface area contributed by atoms with Gasteiger partial charge in [0.15, 0.2) is 0 Å². The molecule has 0 bridgehead atoms. The summed E-state index contributed by atoms with van der Waals surface area (Å²) in [5, 5.41) is 0.523. The Morgan fingerprint density at radius 3 is 2.78 bits per heavy atom. The summed E-state index contributed by atoms with van der Waals surface area (Å²) < 4.78 is 5.82. The largest absolute Gasteiger partial charge is 0.438 e. The minimum Gasteiger partial charge on any atom is -0.438 e. The van der Waals surface area contributed by atoms with E-state index in [-0.39, 0.29) is 0 Å². The second-order valence-electron chi connectivity index (χ2n) is 6.11. The van der Waals surface area contributed by atoms with Gasteiger partial charge in [0.1, 0.15) is 10.8 Å². The van der Waals surface area contributed by atoms with Crippen LogP contribution in [0.2, 0.25) is 5.02 Å². The fraction of sp³-hybridized carbons (Fsp3) is 0.316. The molecular weight excluding hydrogens is 308 g/mol. The van der Waals surface area contributed by atoms with E-state index in [1.807, 2.05) is 31.2 Å². The SMILES string of the molecule is Cc1cnc(Oc2cccc(C=C3CCC(N)CC3)c2)c(Cl)c1. The van der Waals surface area contributed by atoms with Gasteiger partial charge in [0.2, 0.25) is 5.88 Å². The normalized spacial score (nSPS) is 17.9. The summed E-state index contributed by atoms with van der Waals surface area (Å²) in [4.78, 5) is 4.24. The fourth-order valence-electron chi connectivity index (χ4n) is 2.77. The molecule has 0 radical (unpaired) electrons. The first-order chi connectivity index (χ1) is 11.1. The van der Waals surface area contributed by atoms with Crippen LogP contribution in [0.3, 0.4) is 0 Å². The average molecular weight is 329 g/mol. The highest BCUT2D eigenvalue weighted by atomic mass is 35.5. The van der Waals surface area contributed by atoms with Crippen molar-refractivity contribution in [2.75, 3.05) is 0 Å². The summed E-state index contributed by atoms with van der Waals surface area (Å²) in [7, 11) is 0. The predicted octanol–water partition coefficient (Wildman–Crippen LogP) is 5.12. The minimum atomic E-state index is 0.358. The van der Waals surface area contributed by atoms with E-state index in [1.54, 1.807) is 6.20 Å². The smallest absolute Gasteiger partial charge is 0.238 e. The molecule has 23 heavy (non-hydrogen) atoms.